The number of aryl methyl sites for hydroxylation is 1. The number of nitrogens with one attached hydrogen (secondary N) is 1. The van der Waals surface area contributed by atoms with Crippen molar-refractivity contribution >= 4 is 28.6 Å². The van der Waals surface area contributed by atoms with E-state index in [4.69, 9.17) is 16.9 Å². The van der Waals surface area contributed by atoms with Gasteiger partial charge in [0.05, 0.1) is 27.3 Å². The van der Waals surface area contributed by atoms with Gasteiger partial charge in [0.2, 0.25) is 0 Å². The molecule has 0 amide bonds. The molecule has 0 fully saturated rings. The Morgan fingerprint density at radius 3 is 2.83 bits per heavy atom. The molecule has 2 aromatic rings. The quantitative estimate of drug-likeness (QED) is 0.917. The van der Waals surface area contributed by atoms with E-state index in [1.165, 1.54) is 0 Å². The van der Waals surface area contributed by atoms with Crippen LogP contribution >= 0.6 is 22.9 Å². The zero-order valence-electron chi connectivity index (χ0n) is 10.1. The predicted molar refractivity (Wildman–Crippen MR) is 75.1 cm³/mol. The number of benzene rings is 1. The fraction of sp³-hybridized carbons (Fsp3) is 0.231. The summed E-state index contributed by atoms with van der Waals surface area (Å²) in [5, 5.41) is 15.7. The lowest BCUT2D eigenvalue weighted by Gasteiger charge is -2.13. The van der Waals surface area contributed by atoms with E-state index in [1.807, 2.05) is 31.4 Å². The lowest BCUT2D eigenvalue weighted by molar-refractivity contribution is 0.845. The Morgan fingerprint density at radius 2 is 2.28 bits per heavy atom. The fourth-order valence-corrected chi connectivity index (χ4v) is 2.53. The standard InChI is InChI=1S/C13H12ClN3S/c1-8(13-7-18-9(2)17-13)16-11-4-3-10(6-15)12(14)5-11/h3-5,7-8,16H,1-2H3. The molecule has 5 heteroatoms. The van der Waals surface area contributed by atoms with Crippen molar-refractivity contribution in [2.45, 2.75) is 19.9 Å². The molecule has 1 atom stereocenters. The van der Waals surface area contributed by atoms with Crippen molar-refractivity contribution in [1.29, 1.82) is 5.26 Å². The lowest BCUT2D eigenvalue weighted by Crippen LogP contribution is -2.07. The molecule has 2 rings (SSSR count). The third-order valence-electron chi connectivity index (χ3n) is 2.55. The van der Waals surface area contributed by atoms with Gasteiger partial charge in [0.1, 0.15) is 6.07 Å². The van der Waals surface area contributed by atoms with Gasteiger partial charge in [-0.2, -0.15) is 5.26 Å². The monoisotopic (exact) mass is 277 g/mol. The molecule has 1 aromatic heterocycles. The SMILES string of the molecule is Cc1nc(C(C)Nc2ccc(C#N)c(Cl)c2)cs1. The molecule has 1 heterocycles. The first-order chi connectivity index (χ1) is 8.60. The van der Waals surface area contributed by atoms with Crippen LogP contribution in [0.15, 0.2) is 23.6 Å². The van der Waals surface area contributed by atoms with Gasteiger partial charge in [-0.3, -0.25) is 0 Å². The Bertz CT molecular complexity index is 601. The zero-order valence-corrected chi connectivity index (χ0v) is 11.6. The summed E-state index contributed by atoms with van der Waals surface area (Å²) in [5.74, 6) is 0. The summed E-state index contributed by atoms with van der Waals surface area (Å²) in [4.78, 5) is 4.43. The van der Waals surface area contributed by atoms with Crippen molar-refractivity contribution in [2.24, 2.45) is 0 Å². The van der Waals surface area contributed by atoms with Gasteiger partial charge in [-0.15, -0.1) is 11.3 Å². The van der Waals surface area contributed by atoms with Crippen LogP contribution in [0.4, 0.5) is 5.69 Å². The normalized spacial score (nSPS) is 11.9. The van der Waals surface area contributed by atoms with Gasteiger partial charge in [-0.1, -0.05) is 11.6 Å². The molecule has 0 bridgehead atoms. The summed E-state index contributed by atoms with van der Waals surface area (Å²) < 4.78 is 0. The Kier molecular flexibility index (Phi) is 3.85. The minimum atomic E-state index is 0.110. The van der Waals surface area contributed by atoms with E-state index < -0.39 is 0 Å². The van der Waals surface area contributed by atoms with Gasteiger partial charge < -0.3 is 5.32 Å². The molecule has 0 aliphatic carbocycles. The van der Waals surface area contributed by atoms with Crippen molar-refractivity contribution in [1.82, 2.24) is 4.98 Å². The number of nitriles is 1. The summed E-state index contributed by atoms with van der Waals surface area (Å²) in [6, 6.07) is 7.47. The zero-order chi connectivity index (χ0) is 13.1. The maximum absolute atomic E-state index is 8.81. The summed E-state index contributed by atoms with van der Waals surface area (Å²) in [6.07, 6.45) is 0. The minimum absolute atomic E-state index is 0.110. The van der Waals surface area contributed by atoms with Gasteiger partial charge in [-0.25, -0.2) is 4.98 Å². The van der Waals surface area contributed by atoms with Gasteiger partial charge in [0, 0.05) is 11.1 Å². The van der Waals surface area contributed by atoms with Crippen LogP contribution in [-0.4, -0.2) is 4.98 Å². The molecular formula is C13H12ClN3S. The molecule has 0 saturated carbocycles. The first kappa shape index (κ1) is 12.9. The number of thiazole rings is 1. The molecule has 3 nitrogen and oxygen atoms in total. The first-order valence-corrected chi connectivity index (χ1v) is 6.74. The van der Waals surface area contributed by atoms with Crippen LogP contribution in [0, 0.1) is 18.3 Å². The highest BCUT2D eigenvalue weighted by Crippen LogP contribution is 2.24. The van der Waals surface area contributed by atoms with Crippen LogP contribution < -0.4 is 5.32 Å². The van der Waals surface area contributed by atoms with Crippen molar-refractivity contribution in [2.75, 3.05) is 5.32 Å². The molecule has 0 spiro atoms. The van der Waals surface area contributed by atoms with Crippen molar-refractivity contribution in [3.05, 3.63) is 44.9 Å². The van der Waals surface area contributed by atoms with Crippen LogP contribution in [0.5, 0.6) is 0 Å². The van der Waals surface area contributed by atoms with E-state index in [0.29, 0.717) is 10.6 Å². The van der Waals surface area contributed by atoms with E-state index >= 15 is 0 Å². The van der Waals surface area contributed by atoms with Gasteiger partial charge in [-0.05, 0) is 32.0 Å². The molecule has 1 aromatic carbocycles. The second-order valence-corrected chi connectivity index (χ2v) is 5.43. The molecule has 0 saturated heterocycles. The highest BCUT2D eigenvalue weighted by Gasteiger charge is 2.09. The van der Waals surface area contributed by atoms with Crippen LogP contribution in [0.3, 0.4) is 0 Å². The van der Waals surface area contributed by atoms with Crippen molar-refractivity contribution < 1.29 is 0 Å². The summed E-state index contributed by atoms with van der Waals surface area (Å²) in [5.41, 5.74) is 2.38. The second-order valence-electron chi connectivity index (χ2n) is 3.96. The first-order valence-electron chi connectivity index (χ1n) is 5.48. The molecular weight excluding hydrogens is 266 g/mol. The maximum atomic E-state index is 8.81. The number of rotatable bonds is 3. The van der Waals surface area contributed by atoms with Crippen LogP contribution in [-0.2, 0) is 0 Å². The lowest BCUT2D eigenvalue weighted by atomic mass is 10.2. The van der Waals surface area contributed by atoms with E-state index in [0.717, 1.165) is 16.4 Å². The van der Waals surface area contributed by atoms with E-state index in [-0.39, 0.29) is 6.04 Å². The minimum Gasteiger partial charge on any atom is -0.377 e. The number of hydrogen-bond acceptors (Lipinski definition) is 4. The number of aromatic nitrogens is 1. The molecule has 0 aliphatic rings. The van der Waals surface area contributed by atoms with Gasteiger partial charge >= 0.3 is 0 Å². The van der Waals surface area contributed by atoms with Gasteiger partial charge in [0.25, 0.3) is 0 Å². The highest BCUT2D eigenvalue weighted by atomic mass is 35.5. The average molecular weight is 278 g/mol. The topological polar surface area (TPSA) is 48.7 Å². The Labute approximate surface area is 115 Å². The molecule has 0 aliphatic heterocycles. The highest BCUT2D eigenvalue weighted by molar-refractivity contribution is 7.09. The summed E-state index contributed by atoms with van der Waals surface area (Å²) in [6.45, 7) is 4.03. The smallest absolute Gasteiger partial charge is 0.101 e. The van der Waals surface area contributed by atoms with E-state index in [1.54, 1.807) is 23.5 Å². The average Bonchev–Trinajstić information content (AvgIpc) is 2.76. The molecule has 1 N–H and O–H groups in total. The van der Waals surface area contributed by atoms with E-state index in [9.17, 15) is 0 Å². The van der Waals surface area contributed by atoms with Crippen LogP contribution in [0.25, 0.3) is 0 Å². The van der Waals surface area contributed by atoms with Gasteiger partial charge in [0.15, 0.2) is 0 Å². The largest absolute Gasteiger partial charge is 0.377 e. The Balaban J connectivity index is 2.15. The van der Waals surface area contributed by atoms with E-state index in [2.05, 4.69) is 10.3 Å². The number of nitrogens with zero attached hydrogens (tertiary/aromatic N) is 2. The van der Waals surface area contributed by atoms with Crippen LogP contribution in [0.2, 0.25) is 5.02 Å². The molecule has 0 radical (unpaired) electrons. The maximum Gasteiger partial charge on any atom is 0.101 e. The molecule has 18 heavy (non-hydrogen) atoms. The number of anilines is 1. The third kappa shape index (κ3) is 2.81. The summed E-state index contributed by atoms with van der Waals surface area (Å²) in [7, 11) is 0. The Hall–Kier alpha value is -1.57. The third-order valence-corrected chi connectivity index (χ3v) is 3.66. The molecule has 92 valence electrons. The Morgan fingerprint density at radius 1 is 1.50 bits per heavy atom. The second kappa shape index (κ2) is 5.38. The predicted octanol–water partition coefficient (Wildman–Crippen LogP) is 4.15. The molecule has 1 unspecified atom stereocenters. The van der Waals surface area contributed by atoms with Crippen molar-refractivity contribution in [3.63, 3.8) is 0 Å². The van der Waals surface area contributed by atoms with Crippen molar-refractivity contribution in [3.8, 4) is 6.07 Å². The van der Waals surface area contributed by atoms with Crippen LogP contribution in [0.1, 0.15) is 29.2 Å². The number of halogens is 1. The number of hydrogen-bond donors (Lipinski definition) is 1. The summed E-state index contributed by atoms with van der Waals surface area (Å²) >= 11 is 7.62. The fourth-order valence-electron chi connectivity index (χ4n) is 1.60.